The molecule has 0 saturated heterocycles. The number of nitrogens with one attached hydrogen (secondary N) is 1. The van der Waals surface area contributed by atoms with Gasteiger partial charge in [0, 0.05) is 18.7 Å². The molecule has 0 bridgehead atoms. The van der Waals surface area contributed by atoms with E-state index in [1.54, 1.807) is 0 Å². The number of benzene rings is 1. The van der Waals surface area contributed by atoms with Gasteiger partial charge in [-0.1, -0.05) is 11.6 Å². The minimum atomic E-state index is -0.551. The monoisotopic (exact) mass is 299 g/mol. The van der Waals surface area contributed by atoms with E-state index in [1.807, 2.05) is 14.1 Å². The summed E-state index contributed by atoms with van der Waals surface area (Å²) in [5, 5.41) is 13.6. The van der Waals surface area contributed by atoms with Crippen molar-refractivity contribution in [2.24, 2.45) is 0 Å². The lowest BCUT2D eigenvalue weighted by molar-refractivity contribution is -0.384. The second-order valence-electron chi connectivity index (χ2n) is 4.69. The summed E-state index contributed by atoms with van der Waals surface area (Å²) >= 11 is 5.89. The van der Waals surface area contributed by atoms with Gasteiger partial charge < -0.3 is 10.2 Å². The van der Waals surface area contributed by atoms with E-state index in [4.69, 9.17) is 11.6 Å². The van der Waals surface area contributed by atoms with Crippen molar-refractivity contribution in [2.75, 3.05) is 27.2 Å². The minimum Gasteiger partial charge on any atom is -0.352 e. The molecule has 1 aromatic carbocycles. The number of nitrogens with zero attached hydrogens (tertiary/aromatic N) is 2. The lowest BCUT2D eigenvalue weighted by Gasteiger charge is -2.10. The SMILES string of the molecule is CN(C)CCCCNC(=O)c1cc([N+](=O)[O-])ccc1Cl. The Morgan fingerprint density at radius 1 is 1.40 bits per heavy atom. The van der Waals surface area contributed by atoms with Gasteiger partial charge in [-0.05, 0) is 39.5 Å². The van der Waals surface area contributed by atoms with E-state index in [1.165, 1.54) is 18.2 Å². The number of carbonyl (C=O) groups is 1. The average molecular weight is 300 g/mol. The highest BCUT2D eigenvalue weighted by Gasteiger charge is 2.15. The van der Waals surface area contributed by atoms with Crippen LogP contribution in [0.25, 0.3) is 0 Å². The third-order valence-electron chi connectivity index (χ3n) is 2.72. The average Bonchev–Trinajstić information content (AvgIpc) is 2.37. The predicted octanol–water partition coefficient (Wildman–Crippen LogP) is 2.32. The van der Waals surface area contributed by atoms with Gasteiger partial charge in [0.25, 0.3) is 11.6 Å². The molecular formula is C13H18ClN3O3. The first-order valence-electron chi connectivity index (χ1n) is 6.28. The van der Waals surface area contributed by atoms with Gasteiger partial charge in [-0.2, -0.15) is 0 Å². The van der Waals surface area contributed by atoms with Gasteiger partial charge >= 0.3 is 0 Å². The number of hydrogen-bond donors (Lipinski definition) is 1. The minimum absolute atomic E-state index is 0.133. The number of hydrogen-bond acceptors (Lipinski definition) is 4. The molecule has 6 nitrogen and oxygen atoms in total. The Morgan fingerprint density at radius 3 is 2.70 bits per heavy atom. The quantitative estimate of drug-likeness (QED) is 0.476. The van der Waals surface area contributed by atoms with Crippen molar-refractivity contribution in [2.45, 2.75) is 12.8 Å². The van der Waals surface area contributed by atoms with Crippen LogP contribution in [0, 0.1) is 10.1 Å². The first-order chi connectivity index (χ1) is 9.41. The van der Waals surface area contributed by atoms with Crippen LogP contribution >= 0.6 is 11.6 Å². The molecule has 0 saturated carbocycles. The summed E-state index contributed by atoms with van der Waals surface area (Å²) in [4.78, 5) is 24.1. The number of halogens is 1. The van der Waals surface area contributed by atoms with Crippen molar-refractivity contribution in [3.8, 4) is 0 Å². The molecule has 0 aliphatic carbocycles. The standard InChI is InChI=1S/C13H18ClN3O3/c1-16(2)8-4-3-7-15-13(18)11-9-10(17(19)20)5-6-12(11)14/h5-6,9H,3-4,7-8H2,1-2H3,(H,15,18). The number of carbonyl (C=O) groups excluding carboxylic acids is 1. The Bertz CT molecular complexity index is 492. The zero-order valence-electron chi connectivity index (χ0n) is 11.6. The maximum Gasteiger partial charge on any atom is 0.270 e. The Labute approximate surface area is 122 Å². The van der Waals surface area contributed by atoms with Crippen molar-refractivity contribution in [1.82, 2.24) is 10.2 Å². The first-order valence-corrected chi connectivity index (χ1v) is 6.66. The van der Waals surface area contributed by atoms with Crippen LogP contribution in [-0.4, -0.2) is 42.9 Å². The second kappa shape index (κ2) is 7.81. The number of nitro groups is 1. The van der Waals surface area contributed by atoms with E-state index < -0.39 is 4.92 Å². The molecule has 0 aliphatic heterocycles. The van der Waals surface area contributed by atoms with Crippen LogP contribution in [0.5, 0.6) is 0 Å². The van der Waals surface area contributed by atoms with Gasteiger partial charge in [0.15, 0.2) is 0 Å². The summed E-state index contributed by atoms with van der Waals surface area (Å²) < 4.78 is 0. The maximum atomic E-state index is 11.9. The largest absolute Gasteiger partial charge is 0.352 e. The zero-order valence-corrected chi connectivity index (χ0v) is 12.3. The van der Waals surface area contributed by atoms with Crippen LogP contribution in [0.1, 0.15) is 23.2 Å². The molecule has 0 radical (unpaired) electrons. The van der Waals surface area contributed by atoms with Crippen LogP contribution < -0.4 is 5.32 Å². The third kappa shape index (κ3) is 5.14. The van der Waals surface area contributed by atoms with Crippen LogP contribution in [0.4, 0.5) is 5.69 Å². The van der Waals surface area contributed by atoms with Crippen molar-refractivity contribution in [3.63, 3.8) is 0 Å². The highest BCUT2D eigenvalue weighted by atomic mass is 35.5. The third-order valence-corrected chi connectivity index (χ3v) is 3.05. The van der Waals surface area contributed by atoms with Gasteiger partial charge in [0.1, 0.15) is 0 Å². The summed E-state index contributed by atoms with van der Waals surface area (Å²) in [6.45, 7) is 1.47. The number of amides is 1. The number of nitro benzene ring substituents is 1. The van der Waals surface area contributed by atoms with E-state index in [9.17, 15) is 14.9 Å². The summed E-state index contributed by atoms with van der Waals surface area (Å²) in [6, 6.07) is 3.83. The lowest BCUT2D eigenvalue weighted by atomic mass is 10.2. The fourth-order valence-corrected chi connectivity index (χ4v) is 1.85. The molecule has 0 aliphatic rings. The summed E-state index contributed by atoms with van der Waals surface area (Å²) in [5.41, 5.74) is -0.0133. The van der Waals surface area contributed by atoms with Crippen molar-refractivity contribution < 1.29 is 9.72 Å². The van der Waals surface area contributed by atoms with Crippen LogP contribution in [0.3, 0.4) is 0 Å². The smallest absolute Gasteiger partial charge is 0.270 e. The molecule has 1 N–H and O–H groups in total. The molecule has 0 aromatic heterocycles. The number of rotatable bonds is 7. The number of non-ortho nitro benzene ring substituents is 1. The van der Waals surface area contributed by atoms with Gasteiger partial charge in [0.2, 0.25) is 0 Å². The Morgan fingerprint density at radius 2 is 2.10 bits per heavy atom. The first kappa shape index (κ1) is 16.4. The Balaban J connectivity index is 2.55. The number of unbranched alkanes of at least 4 members (excludes halogenated alkanes) is 1. The van der Waals surface area contributed by atoms with E-state index in [2.05, 4.69) is 10.2 Å². The van der Waals surface area contributed by atoms with Crippen molar-refractivity contribution >= 4 is 23.2 Å². The van der Waals surface area contributed by atoms with E-state index in [-0.39, 0.29) is 22.2 Å². The molecule has 0 heterocycles. The van der Waals surface area contributed by atoms with E-state index in [0.29, 0.717) is 6.54 Å². The molecule has 1 amide bonds. The second-order valence-corrected chi connectivity index (χ2v) is 5.09. The molecule has 0 spiro atoms. The lowest BCUT2D eigenvalue weighted by Crippen LogP contribution is -2.25. The molecule has 0 atom stereocenters. The molecule has 0 fully saturated rings. The Kier molecular flexibility index (Phi) is 6.41. The van der Waals surface area contributed by atoms with Gasteiger partial charge in [-0.15, -0.1) is 0 Å². The van der Waals surface area contributed by atoms with E-state index >= 15 is 0 Å². The van der Waals surface area contributed by atoms with Crippen LogP contribution in [-0.2, 0) is 0 Å². The zero-order chi connectivity index (χ0) is 15.1. The molecule has 110 valence electrons. The normalized spacial score (nSPS) is 10.6. The van der Waals surface area contributed by atoms with Crippen LogP contribution in [0.15, 0.2) is 18.2 Å². The van der Waals surface area contributed by atoms with E-state index in [0.717, 1.165) is 19.4 Å². The highest BCUT2D eigenvalue weighted by molar-refractivity contribution is 6.33. The highest BCUT2D eigenvalue weighted by Crippen LogP contribution is 2.21. The molecule has 1 rings (SSSR count). The van der Waals surface area contributed by atoms with Crippen LogP contribution in [0.2, 0.25) is 5.02 Å². The van der Waals surface area contributed by atoms with Crippen molar-refractivity contribution in [3.05, 3.63) is 38.9 Å². The molecule has 1 aromatic rings. The predicted molar refractivity (Wildman–Crippen MR) is 78.2 cm³/mol. The summed E-state index contributed by atoms with van der Waals surface area (Å²) in [6.07, 6.45) is 1.81. The van der Waals surface area contributed by atoms with Gasteiger partial charge in [0.05, 0.1) is 15.5 Å². The summed E-state index contributed by atoms with van der Waals surface area (Å²) in [7, 11) is 3.98. The summed E-state index contributed by atoms with van der Waals surface area (Å²) in [5.74, 6) is -0.386. The molecule has 0 unspecified atom stereocenters. The molecule has 20 heavy (non-hydrogen) atoms. The van der Waals surface area contributed by atoms with Crippen molar-refractivity contribution in [1.29, 1.82) is 0 Å². The fourth-order valence-electron chi connectivity index (χ4n) is 1.65. The van der Waals surface area contributed by atoms with Gasteiger partial charge in [-0.25, -0.2) is 0 Å². The fraction of sp³-hybridized carbons (Fsp3) is 0.462. The van der Waals surface area contributed by atoms with Gasteiger partial charge in [-0.3, -0.25) is 14.9 Å². The topological polar surface area (TPSA) is 75.5 Å². The Hall–Kier alpha value is -1.66. The molecule has 7 heteroatoms. The molecular weight excluding hydrogens is 282 g/mol. The maximum absolute atomic E-state index is 11.9.